The summed E-state index contributed by atoms with van der Waals surface area (Å²) >= 11 is 0. The van der Waals surface area contributed by atoms with Crippen LogP contribution in [0.1, 0.15) is 16.1 Å². The number of carbonyl (C=O) groups is 1. The second-order valence-electron chi connectivity index (χ2n) is 3.89. The third-order valence-corrected chi connectivity index (χ3v) is 2.60. The Labute approximate surface area is 111 Å². The van der Waals surface area contributed by atoms with Gasteiger partial charge < -0.3 is 10.1 Å². The van der Waals surface area contributed by atoms with Crippen LogP contribution in [0.4, 0.5) is 0 Å². The number of nitrogens with zero attached hydrogens (tertiary/aromatic N) is 2. The van der Waals surface area contributed by atoms with Gasteiger partial charge in [-0.1, -0.05) is 6.07 Å². The maximum Gasteiger partial charge on any atom is 0.256 e. The lowest BCUT2D eigenvalue weighted by Gasteiger charge is -2.07. The zero-order valence-electron chi connectivity index (χ0n) is 10.7. The van der Waals surface area contributed by atoms with E-state index < -0.39 is 0 Å². The molecule has 2 heterocycles. The van der Waals surface area contributed by atoms with E-state index in [1.165, 1.54) is 7.11 Å². The number of rotatable bonds is 5. The highest BCUT2D eigenvalue weighted by Gasteiger charge is 2.11. The standard InChI is InChI=1S/C14H15N3O2/c1-19-14-12(6-4-9-17-14)13(18)16-10-7-11-5-2-3-8-15-11/h2-6,8-9H,7,10H2,1H3,(H,16,18). The minimum absolute atomic E-state index is 0.194. The lowest BCUT2D eigenvalue weighted by molar-refractivity contribution is 0.0950. The zero-order valence-corrected chi connectivity index (χ0v) is 10.7. The minimum Gasteiger partial charge on any atom is -0.480 e. The number of ether oxygens (including phenoxy) is 1. The highest BCUT2D eigenvalue weighted by atomic mass is 16.5. The first-order valence-corrected chi connectivity index (χ1v) is 5.98. The Bertz CT molecular complexity index is 543. The Hall–Kier alpha value is -2.43. The molecule has 1 N–H and O–H groups in total. The summed E-state index contributed by atoms with van der Waals surface area (Å²) in [5.74, 6) is 0.138. The second kappa shape index (κ2) is 6.49. The maximum absolute atomic E-state index is 12.0. The Morgan fingerprint density at radius 2 is 2.05 bits per heavy atom. The molecule has 2 aromatic rings. The summed E-state index contributed by atoms with van der Waals surface area (Å²) in [6.07, 6.45) is 4.01. The van der Waals surface area contributed by atoms with Gasteiger partial charge in [-0.3, -0.25) is 9.78 Å². The number of methoxy groups -OCH3 is 1. The summed E-state index contributed by atoms with van der Waals surface area (Å²) in [4.78, 5) is 20.1. The number of pyridine rings is 2. The van der Waals surface area contributed by atoms with Gasteiger partial charge in [-0.15, -0.1) is 0 Å². The minimum atomic E-state index is -0.194. The molecule has 0 spiro atoms. The average molecular weight is 257 g/mol. The summed E-state index contributed by atoms with van der Waals surface area (Å²) in [6.45, 7) is 0.522. The SMILES string of the molecule is COc1ncccc1C(=O)NCCc1ccccn1. The predicted molar refractivity (Wildman–Crippen MR) is 71.1 cm³/mol. The van der Waals surface area contributed by atoms with E-state index in [1.807, 2.05) is 18.2 Å². The van der Waals surface area contributed by atoms with Gasteiger partial charge in [0.1, 0.15) is 5.56 Å². The maximum atomic E-state index is 12.0. The summed E-state index contributed by atoms with van der Waals surface area (Å²) in [7, 11) is 1.49. The van der Waals surface area contributed by atoms with E-state index in [-0.39, 0.29) is 5.91 Å². The molecule has 1 amide bonds. The van der Waals surface area contributed by atoms with Crippen LogP contribution in [0.3, 0.4) is 0 Å². The third kappa shape index (κ3) is 3.51. The second-order valence-corrected chi connectivity index (χ2v) is 3.89. The van der Waals surface area contributed by atoms with Crippen molar-refractivity contribution in [2.75, 3.05) is 13.7 Å². The molecule has 5 nitrogen and oxygen atoms in total. The molecule has 0 bridgehead atoms. The van der Waals surface area contributed by atoms with Crippen molar-refractivity contribution in [1.29, 1.82) is 0 Å². The molecule has 0 saturated carbocycles. The Morgan fingerprint density at radius 3 is 2.79 bits per heavy atom. The van der Waals surface area contributed by atoms with Crippen molar-refractivity contribution in [3.63, 3.8) is 0 Å². The largest absolute Gasteiger partial charge is 0.480 e. The molecule has 2 rings (SSSR count). The fourth-order valence-electron chi connectivity index (χ4n) is 1.67. The van der Waals surface area contributed by atoms with Gasteiger partial charge in [-0.25, -0.2) is 4.98 Å². The van der Waals surface area contributed by atoms with Gasteiger partial charge >= 0.3 is 0 Å². The summed E-state index contributed by atoms with van der Waals surface area (Å²) in [6, 6.07) is 9.10. The van der Waals surface area contributed by atoms with E-state index in [2.05, 4.69) is 15.3 Å². The molecule has 0 unspecified atom stereocenters. The molecule has 0 saturated heterocycles. The highest BCUT2D eigenvalue weighted by Crippen LogP contribution is 2.12. The van der Waals surface area contributed by atoms with Crippen molar-refractivity contribution in [2.24, 2.45) is 0 Å². The van der Waals surface area contributed by atoms with Crippen molar-refractivity contribution in [1.82, 2.24) is 15.3 Å². The van der Waals surface area contributed by atoms with Gasteiger partial charge in [0.2, 0.25) is 5.88 Å². The molecule has 0 aliphatic carbocycles. The number of carbonyl (C=O) groups excluding carboxylic acids is 1. The predicted octanol–water partition coefficient (Wildman–Crippen LogP) is 1.46. The first-order valence-electron chi connectivity index (χ1n) is 5.98. The normalized spacial score (nSPS) is 9.95. The van der Waals surface area contributed by atoms with Crippen LogP contribution >= 0.6 is 0 Å². The molecule has 2 aromatic heterocycles. The molecule has 0 atom stereocenters. The number of nitrogens with one attached hydrogen (secondary N) is 1. The topological polar surface area (TPSA) is 64.1 Å². The number of hydrogen-bond acceptors (Lipinski definition) is 4. The van der Waals surface area contributed by atoms with Crippen molar-refractivity contribution in [3.05, 3.63) is 54.0 Å². The summed E-state index contributed by atoms with van der Waals surface area (Å²) in [5.41, 5.74) is 1.38. The van der Waals surface area contributed by atoms with Gasteiger partial charge in [-0.05, 0) is 24.3 Å². The molecule has 0 radical (unpaired) electrons. The third-order valence-electron chi connectivity index (χ3n) is 2.60. The molecule has 0 aliphatic heterocycles. The van der Waals surface area contributed by atoms with E-state index >= 15 is 0 Å². The van der Waals surface area contributed by atoms with Crippen LogP contribution in [0, 0.1) is 0 Å². The van der Waals surface area contributed by atoms with Crippen LogP contribution in [0.15, 0.2) is 42.7 Å². The quantitative estimate of drug-likeness (QED) is 0.880. The molecule has 98 valence electrons. The fraction of sp³-hybridized carbons (Fsp3) is 0.214. The Balaban J connectivity index is 1.91. The van der Waals surface area contributed by atoms with Crippen molar-refractivity contribution in [3.8, 4) is 5.88 Å². The highest BCUT2D eigenvalue weighted by molar-refractivity contribution is 5.96. The van der Waals surface area contributed by atoms with Gasteiger partial charge in [0.05, 0.1) is 7.11 Å². The van der Waals surface area contributed by atoms with Gasteiger partial charge in [-0.2, -0.15) is 0 Å². The van der Waals surface area contributed by atoms with E-state index in [1.54, 1.807) is 24.5 Å². The number of hydrogen-bond donors (Lipinski definition) is 1. The lowest BCUT2D eigenvalue weighted by Crippen LogP contribution is -2.26. The molecule has 0 aliphatic rings. The van der Waals surface area contributed by atoms with Crippen LogP contribution in [-0.2, 0) is 6.42 Å². The van der Waals surface area contributed by atoms with Gasteiger partial charge in [0.15, 0.2) is 0 Å². The van der Waals surface area contributed by atoms with Crippen LogP contribution < -0.4 is 10.1 Å². The Morgan fingerprint density at radius 1 is 1.21 bits per heavy atom. The molecular formula is C14H15N3O2. The van der Waals surface area contributed by atoms with E-state index in [0.717, 1.165) is 5.69 Å². The summed E-state index contributed by atoms with van der Waals surface area (Å²) in [5, 5.41) is 2.82. The van der Waals surface area contributed by atoms with Gasteiger partial charge in [0, 0.05) is 31.1 Å². The molecule has 19 heavy (non-hydrogen) atoms. The monoisotopic (exact) mass is 257 g/mol. The molecule has 0 fully saturated rings. The zero-order chi connectivity index (χ0) is 13.5. The summed E-state index contributed by atoms with van der Waals surface area (Å²) < 4.78 is 5.05. The molecule has 5 heteroatoms. The fourth-order valence-corrected chi connectivity index (χ4v) is 1.67. The van der Waals surface area contributed by atoms with Crippen LogP contribution in [-0.4, -0.2) is 29.5 Å². The van der Waals surface area contributed by atoms with E-state index in [4.69, 9.17) is 4.74 Å². The molecular weight excluding hydrogens is 242 g/mol. The van der Waals surface area contributed by atoms with Gasteiger partial charge in [0.25, 0.3) is 5.91 Å². The van der Waals surface area contributed by atoms with Crippen LogP contribution in [0.5, 0.6) is 5.88 Å². The Kier molecular flexibility index (Phi) is 4.44. The lowest BCUT2D eigenvalue weighted by atomic mass is 10.2. The van der Waals surface area contributed by atoms with Crippen molar-refractivity contribution < 1.29 is 9.53 Å². The first kappa shape index (κ1) is 13.0. The van der Waals surface area contributed by atoms with E-state index in [9.17, 15) is 4.79 Å². The number of amides is 1. The van der Waals surface area contributed by atoms with Crippen LogP contribution in [0.25, 0.3) is 0 Å². The smallest absolute Gasteiger partial charge is 0.256 e. The number of aromatic nitrogens is 2. The first-order chi connectivity index (χ1) is 9.31. The van der Waals surface area contributed by atoms with Crippen molar-refractivity contribution in [2.45, 2.75) is 6.42 Å². The average Bonchev–Trinajstić information content (AvgIpc) is 2.48. The van der Waals surface area contributed by atoms with E-state index in [0.29, 0.717) is 24.4 Å². The molecule has 0 aromatic carbocycles. The van der Waals surface area contributed by atoms with Crippen LogP contribution in [0.2, 0.25) is 0 Å². The van der Waals surface area contributed by atoms with Crippen molar-refractivity contribution >= 4 is 5.91 Å².